The highest BCUT2D eigenvalue weighted by Gasteiger charge is 2.22. The van der Waals surface area contributed by atoms with E-state index in [0.29, 0.717) is 12.4 Å². The van der Waals surface area contributed by atoms with Gasteiger partial charge in [0.1, 0.15) is 16.5 Å². The molecular formula is C18H25N5OS. The van der Waals surface area contributed by atoms with E-state index >= 15 is 0 Å². The Kier molecular flexibility index (Phi) is 4.60. The zero-order valence-corrected chi connectivity index (χ0v) is 15.6. The molecule has 2 aromatic heterocycles. The lowest BCUT2D eigenvalue weighted by Crippen LogP contribution is -2.47. The molecule has 25 heavy (non-hydrogen) atoms. The quantitative estimate of drug-likeness (QED) is 0.832. The van der Waals surface area contributed by atoms with Crippen molar-refractivity contribution in [2.75, 3.05) is 31.9 Å². The van der Waals surface area contributed by atoms with Gasteiger partial charge in [-0.05, 0) is 31.2 Å². The summed E-state index contributed by atoms with van der Waals surface area (Å²) in [5.74, 6) is 1.60. The second-order valence-corrected chi connectivity index (χ2v) is 8.14. The molecule has 0 spiro atoms. The Morgan fingerprint density at radius 1 is 1.12 bits per heavy atom. The summed E-state index contributed by atoms with van der Waals surface area (Å²) in [7, 11) is 0. The van der Waals surface area contributed by atoms with E-state index in [9.17, 15) is 4.79 Å². The number of thiophene rings is 1. The lowest BCUT2D eigenvalue weighted by atomic mass is 10.1. The molecule has 1 fully saturated rings. The fraction of sp³-hybridized carbons (Fsp3) is 0.611. The molecule has 1 saturated heterocycles. The largest absolute Gasteiger partial charge is 0.383 e. The van der Waals surface area contributed by atoms with E-state index in [-0.39, 0.29) is 5.91 Å². The van der Waals surface area contributed by atoms with Gasteiger partial charge in [-0.1, -0.05) is 6.42 Å². The second kappa shape index (κ2) is 6.88. The van der Waals surface area contributed by atoms with Crippen LogP contribution in [0, 0.1) is 0 Å². The molecule has 6 nitrogen and oxygen atoms in total. The van der Waals surface area contributed by atoms with Gasteiger partial charge in [0.2, 0.25) is 5.91 Å². The smallest absolute Gasteiger partial charge is 0.219 e. The van der Waals surface area contributed by atoms with Crippen LogP contribution in [-0.2, 0) is 24.2 Å². The average Bonchev–Trinajstić information content (AvgIpc) is 2.77. The summed E-state index contributed by atoms with van der Waals surface area (Å²) in [5, 5.41) is 1.10. The lowest BCUT2D eigenvalue weighted by molar-refractivity contribution is -0.130. The number of nitrogens with two attached hydrogens (primary N) is 1. The van der Waals surface area contributed by atoms with Crippen LogP contribution in [0.3, 0.4) is 0 Å². The van der Waals surface area contributed by atoms with E-state index in [0.717, 1.165) is 55.1 Å². The number of aryl methyl sites for hydroxylation is 2. The monoisotopic (exact) mass is 359 g/mol. The van der Waals surface area contributed by atoms with Crippen molar-refractivity contribution >= 4 is 33.3 Å². The third-order valence-corrected chi connectivity index (χ3v) is 6.51. The van der Waals surface area contributed by atoms with E-state index in [1.54, 1.807) is 18.3 Å². The molecule has 2 aromatic rings. The van der Waals surface area contributed by atoms with Crippen LogP contribution >= 0.6 is 11.3 Å². The van der Waals surface area contributed by atoms with Crippen molar-refractivity contribution in [1.29, 1.82) is 0 Å². The van der Waals surface area contributed by atoms with E-state index in [1.165, 1.54) is 29.7 Å². The maximum absolute atomic E-state index is 11.4. The molecule has 7 heteroatoms. The molecule has 3 heterocycles. The van der Waals surface area contributed by atoms with Crippen LogP contribution in [0.25, 0.3) is 10.2 Å². The van der Waals surface area contributed by atoms with Crippen molar-refractivity contribution < 1.29 is 4.79 Å². The molecule has 0 atom stereocenters. The van der Waals surface area contributed by atoms with Gasteiger partial charge in [0.25, 0.3) is 0 Å². The first-order valence-electron chi connectivity index (χ1n) is 9.16. The summed E-state index contributed by atoms with van der Waals surface area (Å²) in [4.78, 5) is 27.6. The minimum atomic E-state index is 0.154. The molecule has 1 amide bonds. The molecule has 2 aliphatic rings. The maximum atomic E-state index is 11.4. The van der Waals surface area contributed by atoms with E-state index in [2.05, 4.69) is 9.88 Å². The van der Waals surface area contributed by atoms with Gasteiger partial charge in [0.15, 0.2) is 0 Å². The van der Waals surface area contributed by atoms with Crippen LogP contribution in [0.1, 0.15) is 42.5 Å². The summed E-state index contributed by atoms with van der Waals surface area (Å²) >= 11 is 1.81. The van der Waals surface area contributed by atoms with Crippen LogP contribution < -0.4 is 5.73 Å². The number of anilines is 1. The number of rotatable bonds is 2. The number of amides is 1. The summed E-state index contributed by atoms with van der Waals surface area (Å²) in [6.07, 6.45) is 6.06. The molecule has 0 radical (unpaired) electrons. The van der Waals surface area contributed by atoms with Crippen molar-refractivity contribution in [3.05, 3.63) is 16.3 Å². The molecule has 1 aliphatic carbocycles. The Balaban J connectivity index is 1.54. The Labute approximate surface area is 152 Å². The predicted octanol–water partition coefficient (Wildman–Crippen LogP) is 2.21. The summed E-state index contributed by atoms with van der Waals surface area (Å²) in [6.45, 7) is 5.62. The van der Waals surface area contributed by atoms with Crippen molar-refractivity contribution in [2.24, 2.45) is 0 Å². The normalized spacial score (nSPS) is 19.0. The zero-order chi connectivity index (χ0) is 17.4. The highest BCUT2D eigenvalue weighted by molar-refractivity contribution is 7.19. The third-order valence-electron chi connectivity index (χ3n) is 5.32. The number of piperazine rings is 1. The highest BCUT2D eigenvalue weighted by atomic mass is 32.1. The third kappa shape index (κ3) is 3.35. The first kappa shape index (κ1) is 16.7. The van der Waals surface area contributed by atoms with E-state index in [1.807, 2.05) is 4.90 Å². The Morgan fingerprint density at radius 2 is 1.88 bits per heavy atom. The standard InChI is InChI=1S/C18H25N5OS/c1-12(24)23-9-7-22(8-10-23)11-15-20-17(19)16-13-5-3-2-4-6-14(13)25-18(16)21-15/h2-11H2,1H3,(H2,19,20,21). The second-order valence-electron chi connectivity index (χ2n) is 7.05. The number of carbonyl (C=O) groups excluding carboxylic acids is 1. The van der Waals surface area contributed by atoms with Gasteiger partial charge in [0, 0.05) is 38.0 Å². The van der Waals surface area contributed by atoms with Gasteiger partial charge in [-0.3, -0.25) is 9.69 Å². The first-order chi connectivity index (χ1) is 12.1. The van der Waals surface area contributed by atoms with Gasteiger partial charge in [-0.15, -0.1) is 11.3 Å². The van der Waals surface area contributed by atoms with Crippen LogP contribution in [0.15, 0.2) is 0 Å². The van der Waals surface area contributed by atoms with Crippen LogP contribution in [-0.4, -0.2) is 51.9 Å². The SMILES string of the molecule is CC(=O)N1CCN(Cc2nc(N)c3c4c(sc3n2)CCCCC4)CC1. The van der Waals surface area contributed by atoms with Gasteiger partial charge in [-0.2, -0.15) is 0 Å². The van der Waals surface area contributed by atoms with Crippen LogP contribution in [0.5, 0.6) is 0 Å². The number of nitrogen functional groups attached to an aromatic ring is 1. The zero-order valence-electron chi connectivity index (χ0n) is 14.8. The van der Waals surface area contributed by atoms with Crippen molar-refractivity contribution in [2.45, 2.75) is 45.6 Å². The minimum Gasteiger partial charge on any atom is -0.383 e. The van der Waals surface area contributed by atoms with Crippen LogP contribution in [0.2, 0.25) is 0 Å². The number of hydrogen-bond donors (Lipinski definition) is 1. The van der Waals surface area contributed by atoms with Gasteiger partial charge < -0.3 is 10.6 Å². The Morgan fingerprint density at radius 3 is 2.64 bits per heavy atom. The topological polar surface area (TPSA) is 75.4 Å². The van der Waals surface area contributed by atoms with E-state index in [4.69, 9.17) is 10.7 Å². The van der Waals surface area contributed by atoms with Gasteiger partial charge >= 0.3 is 0 Å². The predicted molar refractivity (Wildman–Crippen MR) is 101 cm³/mol. The lowest BCUT2D eigenvalue weighted by Gasteiger charge is -2.33. The molecule has 0 aromatic carbocycles. The number of nitrogens with zero attached hydrogens (tertiary/aromatic N) is 4. The van der Waals surface area contributed by atoms with Crippen molar-refractivity contribution in [3.63, 3.8) is 0 Å². The van der Waals surface area contributed by atoms with E-state index < -0.39 is 0 Å². The molecule has 134 valence electrons. The first-order valence-corrected chi connectivity index (χ1v) is 9.98. The average molecular weight is 359 g/mol. The Bertz CT molecular complexity index is 794. The summed E-state index contributed by atoms with van der Waals surface area (Å²) in [6, 6.07) is 0. The molecule has 0 unspecified atom stereocenters. The van der Waals surface area contributed by atoms with Crippen LogP contribution in [0.4, 0.5) is 5.82 Å². The number of hydrogen-bond acceptors (Lipinski definition) is 6. The van der Waals surface area contributed by atoms with Crippen molar-refractivity contribution in [3.8, 4) is 0 Å². The fourth-order valence-electron chi connectivity index (χ4n) is 3.90. The van der Waals surface area contributed by atoms with Crippen molar-refractivity contribution in [1.82, 2.24) is 19.8 Å². The van der Waals surface area contributed by atoms with Gasteiger partial charge in [0.05, 0.1) is 11.9 Å². The molecule has 2 N–H and O–H groups in total. The number of aromatic nitrogens is 2. The number of fused-ring (bicyclic) bond motifs is 3. The molecular weight excluding hydrogens is 334 g/mol. The minimum absolute atomic E-state index is 0.154. The molecule has 1 aliphatic heterocycles. The highest BCUT2D eigenvalue weighted by Crippen LogP contribution is 2.37. The molecule has 4 rings (SSSR count). The number of carbonyl (C=O) groups is 1. The fourth-order valence-corrected chi connectivity index (χ4v) is 5.19. The Hall–Kier alpha value is -1.73. The summed E-state index contributed by atoms with van der Waals surface area (Å²) in [5.41, 5.74) is 7.73. The maximum Gasteiger partial charge on any atom is 0.219 e. The molecule has 0 saturated carbocycles. The molecule has 0 bridgehead atoms. The van der Waals surface area contributed by atoms with Gasteiger partial charge in [-0.25, -0.2) is 9.97 Å². The summed E-state index contributed by atoms with van der Waals surface area (Å²) < 4.78 is 0.